The molecule has 1 fully saturated rings. The molecule has 1 N–H and O–H groups in total. The van der Waals surface area contributed by atoms with E-state index in [1.165, 1.54) is 20.0 Å². The fourth-order valence-corrected chi connectivity index (χ4v) is 3.01. The van der Waals surface area contributed by atoms with Crippen LogP contribution in [0.15, 0.2) is 0 Å². The molecule has 20 heavy (non-hydrogen) atoms. The lowest BCUT2D eigenvalue weighted by atomic mass is 10.1. The summed E-state index contributed by atoms with van der Waals surface area (Å²) in [6.45, 7) is 3.57. The van der Waals surface area contributed by atoms with Gasteiger partial charge in [0, 0.05) is 18.8 Å². The number of aromatic amines is 1. The number of esters is 1. The molecule has 0 bridgehead atoms. The molecule has 0 saturated heterocycles. The summed E-state index contributed by atoms with van der Waals surface area (Å²) >= 11 is 0. The molecule has 110 valence electrons. The van der Waals surface area contributed by atoms with Crippen LogP contribution in [-0.4, -0.2) is 42.0 Å². The van der Waals surface area contributed by atoms with E-state index in [0.717, 1.165) is 12.8 Å². The number of H-pyrrole nitrogens is 1. The van der Waals surface area contributed by atoms with Crippen molar-refractivity contribution < 1.29 is 14.3 Å². The Hall–Kier alpha value is -1.78. The number of aromatic nitrogens is 1. The van der Waals surface area contributed by atoms with Gasteiger partial charge in [0.2, 0.25) is 0 Å². The molecule has 0 aromatic carbocycles. The molecule has 2 rings (SSSR count). The van der Waals surface area contributed by atoms with E-state index in [0.29, 0.717) is 28.6 Å². The van der Waals surface area contributed by atoms with Crippen molar-refractivity contribution in [2.75, 3.05) is 14.2 Å². The largest absolute Gasteiger partial charge is 0.465 e. The lowest BCUT2D eigenvalue weighted by molar-refractivity contribution is 0.0599. The van der Waals surface area contributed by atoms with E-state index in [-0.39, 0.29) is 5.91 Å². The van der Waals surface area contributed by atoms with Crippen molar-refractivity contribution in [2.45, 2.75) is 45.6 Å². The number of nitrogens with zero attached hydrogens (tertiary/aromatic N) is 1. The Morgan fingerprint density at radius 2 is 1.85 bits per heavy atom. The van der Waals surface area contributed by atoms with Gasteiger partial charge in [0.1, 0.15) is 5.69 Å². The van der Waals surface area contributed by atoms with E-state index in [1.807, 2.05) is 7.05 Å². The minimum atomic E-state index is -0.404. The van der Waals surface area contributed by atoms with Crippen LogP contribution in [0.25, 0.3) is 0 Å². The zero-order valence-corrected chi connectivity index (χ0v) is 12.6. The van der Waals surface area contributed by atoms with Crippen molar-refractivity contribution >= 4 is 11.9 Å². The Labute approximate surface area is 119 Å². The second kappa shape index (κ2) is 5.69. The van der Waals surface area contributed by atoms with Crippen LogP contribution in [-0.2, 0) is 4.74 Å². The molecular formula is C15H22N2O3. The predicted molar refractivity (Wildman–Crippen MR) is 76.0 cm³/mol. The quantitative estimate of drug-likeness (QED) is 0.864. The third-order valence-electron chi connectivity index (χ3n) is 4.23. The fraction of sp³-hybridized carbons (Fsp3) is 0.600. The van der Waals surface area contributed by atoms with Gasteiger partial charge in [0.15, 0.2) is 0 Å². The van der Waals surface area contributed by atoms with Crippen molar-refractivity contribution in [2.24, 2.45) is 0 Å². The van der Waals surface area contributed by atoms with Gasteiger partial charge in [-0.2, -0.15) is 0 Å². The summed E-state index contributed by atoms with van der Waals surface area (Å²) in [5.74, 6) is -0.452. The fourth-order valence-electron chi connectivity index (χ4n) is 3.01. The predicted octanol–water partition coefficient (Wildman–Crippen LogP) is 2.43. The summed E-state index contributed by atoms with van der Waals surface area (Å²) in [4.78, 5) is 29.2. The van der Waals surface area contributed by atoms with Crippen molar-refractivity contribution in [1.82, 2.24) is 9.88 Å². The number of carbonyl (C=O) groups excluding carboxylic acids is 2. The number of methoxy groups -OCH3 is 1. The zero-order valence-electron chi connectivity index (χ0n) is 12.6. The molecule has 0 unspecified atom stereocenters. The van der Waals surface area contributed by atoms with E-state index in [2.05, 4.69) is 4.98 Å². The van der Waals surface area contributed by atoms with E-state index in [1.54, 1.807) is 18.7 Å². The number of carbonyl (C=O) groups is 2. The molecule has 1 aromatic rings. The molecule has 1 aliphatic rings. The maximum absolute atomic E-state index is 12.6. The molecule has 1 amide bonds. The Kier molecular flexibility index (Phi) is 4.16. The third kappa shape index (κ3) is 2.44. The molecular weight excluding hydrogens is 256 g/mol. The molecule has 5 heteroatoms. The number of amides is 1. The summed E-state index contributed by atoms with van der Waals surface area (Å²) < 4.78 is 4.77. The van der Waals surface area contributed by atoms with Gasteiger partial charge in [-0.05, 0) is 32.3 Å². The topological polar surface area (TPSA) is 62.4 Å². The van der Waals surface area contributed by atoms with Crippen molar-refractivity contribution in [3.63, 3.8) is 0 Å². The van der Waals surface area contributed by atoms with Crippen LogP contribution < -0.4 is 0 Å². The van der Waals surface area contributed by atoms with Crippen molar-refractivity contribution in [3.05, 3.63) is 22.5 Å². The Balaban J connectivity index is 2.28. The van der Waals surface area contributed by atoms with Crippen LogP contribution in [0, 0.1) is 13.8 Å². The summed E-state index contributed by atoms with van der Waals surface area (Å²) in [6, 6.07) is 0.312. The van der Waals surface area contributed by atoms with Gasteiger partial charge >= 0.3 is 5.97 Å². The van der Waals surface area contributed by atoms with Crippen LogP contribution in [0.5, 0.6) is 0 Å². The van der Waals surface area contributed by atoms with Crippen LogP contribution in [0.2, 0.25) is 0 Å². The Morgan fingerprint density at radius 1 is 1.25 bits per heavy atom. The first kappa shape index (κ1) is 14.6. The standard InChI is InChI=1S/C15H22N2O3/c1-9-12(15(19)20-4)10(2)16-13(9)14(18)17(3)11-7-5-6-8-11/h11,16H,5-8H2,1-4H3. The van der Waals surface area contributed by atoms with Gasteiger partial charge in [-0.15, -0.1) is 0 Å². The summed E-state index contributed by atoms with van der Waals surface area (Å²) in [7, 11) is 3.19. The van der Waals surface area contributed by atoms with E-state index < -0.39 is 5.97 Å². The van der Waals surface area contributed by atoms with Gasteiger partial charge in [-0.3, -0.25) is 4.79 Å². The maximum atomic E-state index is 12.6. The van der Waals surface area contributed by atoms with E-state index >= 15 is 0 Å². The number of ether oxygens (including phenoxy) is 1. The lowest BCUT2D eigenvalue weighted by Gasteiger charge is -2.24. The molecule has 0 radical (unpaired) electrons. The van der Waals surface area contributed by atoms with Gasteiger partial charge in [-0.1, -0.05) is 12.8 Å². The maximum Gasteiger partial charge on any atom is 0.339 e. The highest BCUT2D eigenvalue weighted by Crippen LogP contribution is 2.25. The highest BCUT2D eigenvalue weighted by Gasteiger charge is 2.28. The number of rotatable bonds is 3. The Bertz CT molecular complexity index is 527. The van der Waals surface area contributed by atoms with Crippen molar-refractivity contribution in [1.29, 1.82) is 0 Å². The van der Waals surface area contributed by atoms with Crippen LogP contribution in [0.4, 0.5) is 0 Å². The average Bonchev–Trinajstić information content (AvgIpc) is 3.05. The van der Waals surface area contributed by atoms with Crippen LogP contribution >= 0.6 is 0 Å². The van der Waals surface area contributed by atoms with Crippen LogP contribution in [0.1, 0.15) is 57.8 Å². The third-order valence-corrected chi connectivity index (χ3v) is 4.23. The van der Waals surface area contributed by atoms with Crippen molar-refractivity contribution in [3.8, 4) is 0 Å². The summed E-state index contributed by atoms with van der Waals surface area (Å²) in [6.07, 6.45) is 4.48. The zero-order chi connectivity index (χ0) is 14.9. The number of hydrogen-bond donors (Lipinski definition) is 1. The number of hydrogen-bond acceptors (Lipinski definition) is 3. The highest BCUT2D eigenvalue weighted by atomic mass is 16.5. The second-order valence-electron chi connectivity index (χ2n) is 5.47. The monoisotopic (exact) mass is 278 g/mol. The lowest BCUT2D eigenvalue weighted by Crippen LogP contribution is -2.35. The van der Waals surface area contributed by atoms with Gasteiger partial charge in [0.05, 0.1) is 12.7 Å². The molecule has 5 nitrogen and oxygen atoms in total. The number of aryl methyl sites for hydroxylation is 1. The smallest absolute Gasteiger partial charge is 0.339 e. The molecule has 0 atom stereocenters. The van der Waals surface area contributed by atoms with Gasteiger partial charge in [0.25, 0.3) is 5.91 Å². The minimum Gasteiger partial charge on any atom is -0.465 e. The molecule has 1 saturated carbocycles. The summed E-state index contributed by atoms with van der Waals surface area (Å²) in [5, 5.41) is 0. The molecule has 1 aliphatic carbocycles. The molecule has 1 aromatic heterocycles. The van der Waals surface area contributed by atoms with Crippen LogP contribution in [0.3, 0.4) is 0 Å². The molecule has 1 heterocycles. The summed E-state index contributed by atoms with van der Waals surface area (Å²) in [5.41, 5.74) is 2.31. The Morgan fingerprint density at radius 3 is 2.40 bits per heavy atom. The average molecular weight is 278 g/mol. The first-order valence-corrected chi connectivity index (χ1v) is 7.02. The highest BCUT2D eigenvalue weighted by molar-refractivity contribution is 6.00. The van der Waals surface area contributed by atoms with Gasteiger partial charge in [-0.25, -0.2) is 4.79 Å². The first-order chi connectivity index (χ1) is 9.47. The van der Waals surface area contributed by atoms with E-state index in [4.69, 9.17) is 4.74 Å². The molecule has 0 spiro atoms. The second-order valence-corrected chi connectivity index (χ2v) is 5.47. The normalized spacial score (nSPS) is 15.4. The SMILES string of the molecule is COC(=O)c1c(C)[nH]c(C(=O)N(C)C2CCCC2)c1C. The molecule has 0 aliphatic heterocycles. The number of nitrogens with one attached hydrogen (secondary N) is 1. The first-order valence-electron chi connectivity index (χ1n) is 7.02. The minimum absolute atomic E-state index is 0.0485. The van der Waals surface area contributed by atoms with Gasteiger partial charge < -0.3 is 14.6 Å². The van der Waals surface area contributed by atoms with E-state index in [9.17, 15) is 9.59 Å².